The predicted octanol–water partition coefficient (Wildman–Crippen LogP) is 3.72. The highest BCUT2D eigenvalue weighted by Gasteiger charge is 2.39. The van der Waals surface area contributed by atoms with Crippen molar-refractivity contribution in [2.24, 2.45) is 11.7 Å². The van der Waals surface area contributed by atoms with E-state index in [0.29, 0.717) is 0 Å². The van der Waals surface area contributed by atoms with E-state index in [1.165, 1.54) is 0 Å². The maximum Gasteiger partial charge on any atom is 0.408 e. The van der Waals surface area contributed by atoms with Crippen LogP contribution in [-0.4, -0.2) is 30.0 Å². The van der Waals surface area contributed by atoms with Crippen molar-refractivity contribution in [1.82, 2.24) is 10.6 Å². The number of nitrogens with one attached hydrogen (secondary N) is 2. The van der Waals surface area contributed by atoms with E-state index in [4.69, 9.17) is 10.5 Å². The molecule has 3 aromatic carbocycles. The SMILES string of the molecule is CC(C)[C@H](NC(=O)OCc1ccccc1)C(=O)N[C@H](C(N)=O)C1c2ccccc2-c2ccccc21. The molecule has 7 heteroatoms. The Morgan fingerprint density at radius 3 is 1.91 bits per heavy atom. The molecule has 4 N–H and O–H groups in total. The van der Waals surface area contributed by atoms with Gasteiger partial charge in [-0.25, -0.2) is 4.79 Å². The lowest BCUT2D eigenvalue weighted by molar-refractivity contribution is -0.129. The number of rotatable bonds is 8. The van der Waals surface area contributed by atoms with E-state index < -0.39 is 35.9 Å². The first kappa shape index (κ1) is 24.0. The number of alkyl carbamates (subject to hydrolysis) is 1. The van der Waals surface area contributed by atoms with Crippen molar-refractivity contribution in [3.8, 4) is 11.1 Å². The Bertz CT molecular complexity index is 1180. The van der Waals surface area contributed by atoms with Gasteiger partial charge in [0.25, 0.3) is 0 Å². The minimum absolute atomic E-state index is 0.0820. The number of nitrogens with two attached hydrogens (primary N) is 1. The Kier molecular flexibility index (Phi) is 7.15. The number of benzene rings is 3. The summed E-state index contributed by atoms with van der Waals surface area (Å²) >= 11 is 0. The minimum Gasteiger partial charge on any atom is -0.445 e. The molecule has 0 bridgehead atoms. The van der Waals surface area contributed by atoms with E-state index in [2.05, 4.69) is 10.6 Å². The molecule has 0 radical (unpaired) electrons. The zero-order chi connectivity index (χ0) is 24.9. The summed E-state index contributed by atoms with van der Waals surface area (Å²) in [6.07, 6.45) is -0.713. The number of fused-ring (bicyclic) bond motifs is 3. The summed E-state index contributed by atoms with van der Waals surface area (Å²) in [7, 11) is 0. The Balaban J connectivity index is 1.51. The second-order valence-electron chi connectivity index (χ2n) is 8.97. The lowest BCUT2D eigenvalue weighted by Crippen LogP contribution is -2.56. The van der Waals surface area contributed by atoms with Crippen LogP contribution < -0.4 is 16.4 Å². The van der Waals surface area contributed by atoms with E-state index in [1.54, 1.807) is 13.8 Å². The molecule has 0 aliphatic heterocycles. The molecule has 0 saturated carbocycles. The summed E-state index contributed by atoms with van der Waals surface area (Å²) in [5, 5.41) is 5.45. The summed E-state index contributed by atoms with van der Waals surface area (Å²) in [5.41, 5.74) is 10.5. The summed E-state index contributed by atoms with van der Waals surface area (Å²) < 4.78 is 5.28. The summed E-state index contributed by atoms with van der Waals surface area (Å²) in [6, 6.07) is 22.9. The number of amides is 3. The van der Waals surface area contributed by atoms with Gasteiger partial charge in [-0.05, 0) is 33.7 Å². The zero-order valence-corrected chi connectivity index (χ0v) is 19.7. The molecule has 0 aromatic heterocycles. The van der Waals surface area contributed by atoms with E-state index in [0.717, 1.165) is 27.8 Å². The van der Waals surface area contributed by atoms with Crippen molar-refractivity contribution >= 4 is 17.9 Å². The molecule has 180 valence electrons. The zero-order valence-electron chi connectivity index (χ0n) is 19.7. The highest BCUT2D eigenvalue weighted by Crippen LogP contribution is 2.46. The first-order valence-electron chi connectivity index (χ1n) is 11.6. The van der Waals surface area contributed by atoms with Gasteiger partial charge in [-0.1, -0.05) is 92.7 Å². The molecule has 3 aromatic rings. The van der Waals surface area contributed by atoms with Crippen LogP contribution >= 0.6 is 0 Å². The molecule has 4 rings (SSSR count). The standard InChI is InChI=1S/C28H29N3O4/c1-17(2)24(31-28(34)35-16-18-10-4-3-5-11-18)27(33)30-25(26(29)32)23-21-14-8-6-12-19(21)20-13-7-9-15-22(20)23/h3-15,17,23-25H,16H2,1-2H3,(H2,29,32)(H,30,33)(H,31,34)/t24-,25-/m0/s1. The monoisotopic (exact) mass is 471 g/mol. The lowest BCUT2D eigenvalue weighted by Gasteiger charge is -2.28. The second kappa shape index (κ2) is 10.4. The molecule has 0 heterocycles. The number of carbonyl (C=O) groups is 3. The fourth-order valence-corrected chi connectivity index (χ4v) is 4.54. The molecule has 7 nitrogen and oxygen atoms in total. The van der Waals surface area contributed by atoms with Gasteiger partial charge in [0.1, 0.15) is 18.7 Å². The van der Waals surface area contributed by atoms with Gasteiger partial charge in [-0.15, -0.1) is 0 Å². The van der Waals surface area contributed by atoms with Crippen LogP contribution in [0.5, 0.6) is 0 Å². The van der Waals surface area contributed by atoms with Crippen LogP contribution in [0.4, 0.5) is 4.79 Å². The Morgan fingerprint density at radius 1 is 0.829 bits per heavy atom. The van der Waals surface area contributed by atoms with E-state index in [1.807, 2.05) is 78.9 Å². The molecule has 0 unspecified atom stereocenters. The maximum absolute atomic E-state index is 13.3. The Hall–Kier alpha value is -4.13. The molecular formula is C28H29N3O4. The van der Waals surface area contributed by atoms with Gasteiger partial charge in [0.05, 0.1) is 0 Å². The average Bonchev–Trinajstić information content (AvgIpc) is 3.19. The van der Waals surface area contributed by atoms with Gasteiger partial charge in [0, 0.05) is 5.92 Å². The fourth-order valence-electron chi connectivity index (χ4n) is 4.54. The van der Waals surface area contributed by atoms with Crippen molar-refractivity contribution in [1.29, 1.82) is 0 Å². The van der Waals surface area contributed by atoms with Crippen molar-refractivity contribution in [2.75, 3.05) is 0 Å². The highest BCUT2D eigenvalue weighted by atomic mass is 16.5. The third-order valence-corrected chi connectivity index (χ3v) is 6.25. The van der Waals surface area contributed by atoms with Gasteiger partial charge in [0.15, 0.2) is 0 Å². The molecule has 0 saturated heterocycles. The third-order valence-electron chi connectivity index (χ3n) is 6.25. The summed E-state index contributed by atoms with van der Waals surface area (Å²) in [5.74, 6) is -1.83. The van der Waals surface area contributed by atoms with Gasteiger partial charge >= 0.3 is 6.09 Å². The van der Waals surface area contributed by atoms with Crippen LogP contribution in [0, 0.1) is 5.92 Å². The average molecular weight is 472 g/mol. The van der Waals surface area contributed by atoms with Crippen molar-refractivity contribution in [2.45, 2.75) is 38.5 Å². The number of hydrogen-bond donors (Lipinski definition) is 3. The maximum atomic E-state index is 13.3. The molecule has 3 amide bonds. The van der Waals surface area contributed by atoms with Crippen molar-refractivity contribution in [3.63, 3.8) is 0 Å². The predicted molar refractivity (Wildman–Crippen MR) is 133 cm³/mol. The quantitative estimate of drug-likeness (QED) is 0.465. The van der Waals surface area contributed by atoms with Crippen LogP contribution in [0.25, 0.3) is 11.1 Å². The van der Waals surface area contributed by atoms with Crippen LogP contribution in [0.2, 0.25) is 0 Å². The topological polar surface area (TPSA) is 111 Å². The van der Waals surface area contributed by atoms with Crippen LogP contribution in [0.3, 0.4) is 0 Å². The first-order valence-corrected chi connectivity index (χ1v) is 11.6. The molecule has 1 aliphatic rings. The fraction of sp³-hybridized carbons (Fsp3) is 0.250. The number of primary amides is 1. The van der Waals surface area contributed by atoms with Gasteiger partial charge < -0.3 is 21.1 Å². The molecule has 0 fully saturated rings. The van der Waals surface area contributed by atoms with E-state index in [9.17, 15) is 14.4 Å². The van der Waals surface area contributed by atoms with Crippen molar-refractivity contribution in [3.05, 3.63) is 95.6 Å². The first-order chi connectivity index (χ1) is 16.9. The van der Waals surface area contributed by atoms with E-state index >= 15 is 0 Å². The summed E-state index contributed by atoms with van der Waals surface area (Å²) in [4.78, 5) is 38.3. The summed E-state index contributed by atoms with van der Waals surface area (Å²) in [6.45, 7) is 3.70. The minimum atomic E-state index is -0.990. The van der Waals surface area contributed by atoms with Gasteiger partial charge in [-0.3, -0.25) is 9.59 Å². The molecule has 1 aliphatic carbocycles. The highest BCUT2D eigenvalue weighted by molar-refractivity contribution is 5.93. The van der Waals surface area contributed by atoms with Crippen molar-refractivity contribution < 1.29 is 19.1 Å². The van der Waals surface area contributed by atoms with Crippen LogP contribution in [0.1, 0.15) is 36.5 Å². The number of hydrogen-bond acceptors (Lipinski definition) is 4. The molecule has 2 atom stereocenters. The lowest BCUT2D eigenvalue weighted by atomic mass is 9.88. The number of carbonyl (C=O) groups excluding carboxylic acids is 3. The van der Waals surface area contributed by atoms with Crippen LogP contribution in [-0.2, 0) is 20.9 Å². The third kappa shape index (κ3) is 5.19. The molecule has 35 heavy (non-hydrogen) atoms. The van der Waals surface area contributed by atoms with Gasteiger partial charge in [-0.2, -0.15) is 0 Å². The number of ether oxygens (including phenoxy) is 1. The Labute approximate surface area is 204 Å². The normalized spacial score (nSPS) is 13.9. The smallest absolute Gasteiger partial charge is 0.408 e. The second-order valence-corrected chi connectivity index (χ2v) is 8.97. The molecular weight excluding hydrogens is 442 g/mol. The Morgan fingerprint density at radius 2 is 1.37 bits per heavy atom. The van der Waals surface area contributed by atoms with Crippen LogP contribution in [0.15, 0.2) is 78.9 Å². The molecule has 0 spiro atoms. The van der Waals surface area contributed by atoms with E-state index in [-0.39, 0.29) is 12.5 Å². The van der Waals surface area contributed by atoms with Gasteiger partial charge in [0.2, 0.25) is 11.8 Å². The largest absolute Gasteiger partial charge is 0.445 e.